The van der Waals surface area contributed by atoms with Gasteiger partial charge in [0.2, 0.25) is 0 Å². The van der Waals surface area contributed by atoms with Gasteiger partial charge in [-0.15, -0.1) is 0 Å². The van der Waals surface area contributed by atoms with Crippen LogP contribution in [0.25, 0.3) is 0 Å². The van der Waals surface area contributed by atoms with Gasteiger partial charge in [0.05, 0.1) is 0 Å². The van der Waals surface area contributed by atoms with Crippen LogP contribution in [0.5, 0.6) is 0 Å². The normalized spacial score (nSPS) is 5.31. The Balaban J connectivity index is -0.0000000390. The van der Waals surface area contributed by atoms with Crippen molar-refractivity contribution in [1.82, 2.24) is 0 Å². The molecule has 0 amide bonds. The maximum absolute atomic E-state index is 2.08. The van der Waals surface area contributed by atoms with Gasteiger partial charge >= 0.3 is 0 Å². The third-order valence-corrected chi connectivity index (χ3v) is 0.940. The molecular weight excluding hydrogens is 231 g/mol. The first-order valence-electron chi connectivity index (χ1n) is 6.41. The molecule has 1 aromatic rings. The van der Waals surface area contributed by atoms with E-state index in [4.69, 9.17) is 0 Å². The smallest absolute Gasteiger partial charge is 0 e. The first-order chi connectivity index (χ1) is 7.39. The molecule has 16 heavy (non-hydrogen) atoms. The Morgan fingerprint density at radius 1 is 0.562 bits per heavy atom. The zero-order valence-electron chi connectivity index (χ0n) is 12.8. The van der Waals surface area contributed by atoms with Gasteiger partial charge in [-0.05, 0) is 6.92 Å². The van der Waals surface area contributed by atoms with Crippen molar-refractivity contribution in [3.05, 3.63) is 35.9 Å². The monoisotopic (exact) mass is 263 g/mol. The van der Waals surface area contributed by atoms with Gasteiger partial charge in [-0.1, -0.05) is 91.3 Å². The van der Waals surface area contributed by atoms with E-state index < -0.39 is 0 Å². The van der Waals surface area contributed by atoms with E-state index in [2.05, 4.69) is 19.1 Å². The molecule has 0 unspecified atom stereocenters. The fraction of sp³-hybridized carbons (Fsp3) is 0.600. The molecule has 1 radical (unpaired) electrons. The summed E-state index contributed by atoms with van der Waals surface area (Å²) in [5.74, 6) is 0. The fourth-order valence-electron chi connectivity index (χ4n) is 0.534. The minimum absolute atomic E-state index is 0. The molecule has 0 bridgehead atoms. The molecule has 1 heteroatoms. The summed E-state index contributed by atoms with van der Waals surface area (Å²) in [6.07, 6.45) is 0. The molecule has 0 heterocycles. The SMILES string of the molecule is CC.CC.CC.CC.Cc1ccccc1.[V]. The first-order valence-corrected chi connectivity index (χ1v) is 6.41. The van der Waals surface area contributed by atoms with Crippen molar-refractivity contribution in [2.24, 2.45) is 0 Å². The molecular formula is C15H32V. The molecule has 0 aliphatic rings. The fourth-order valence-corrected chi connectivity index (χ4v) is 0.534. The Labute approximate surface area is 117 Å². The summed E-state index contributed by atoms with van der Waals surface area (Å²) >= 11 is 0. The van der Waals surface area contributed by atoms with E-state index in [9.17, 15) is 0 Å². The second-order valence-corrected chi connectivity index (χ2v) is 1.65. The number of hydrogen-bond acceptors (Lipinski definition) is 0. The van der Waals surface area contributed by atoms with E-state index in [1.165, 1.54) is 5.56 Å². The summed E-state index contributed by atoms with van der Waals surface area (Å²) in [7, 11) is 0. The molecule has 0 fully saturated rings. The van der Waals surface area contributed by atoms with Crippen LogP contribution < -0.4 is 0 Å². The van der Waals surface area contributed by atoms with Crippen molar-refractivity contribution >= 4 is 0 Å². The second kappa shape index (κ2) is 46.3. The van der Waals surface area contributed by atoms with Crippen LogP contribution in [0.3, 0.4) is 0 Å². The second-order valence-electron chi connectivity index (χ2n) is 1.65. The van der Waals surface area contributed by atoms with Crippen molar-refractivity contribution < 1.29 is 18.6 Å². The van der Waals surface area contributed by atoms with Gasteiger partial charge in [-0.3, -0.25) is 0 Å². The zero-order chi connectivity index (χ0) is 13.1. The van der Waals surface area contributed by atoms with E-state index >= 15 is 0 Å². The van der Waals surface area contributed by atoms with Crippen LogP contribution in [-0.4, -0.2) is 0 Å². The topological polar surface area (TPSA) is 0 Å². The quantitative estimate of drug-likeness (QED) is 0.530. The third kappa shape index (κ3) is 37.2. The number of hydrogen-bond donors (Lipinski definition) is 0. The van der Waals surface area contributed by atoms with Crippen LogP contribution in [0.4, 0.5) is 0 Å². The maximum Gasteiger partial charge on any atom is 0 e. The Morgan fingerprint density at radius 2 is 0.812 bits per heavy atom. The van der Waals surface area contributed by atoms with E-state index in [0.29, 0.717) is 0 Å². The van der Waals surface area contributed by atoms with E-state index in [1.807, 2.05) is 73.6 Å². The molecule has 0 aliphatic carbocycles. The van der Waals surface area contributed by atoms with Gasteiger partial charge < -0.3 is 0 Å². The van der Waals surface area contributed by atoms with E-state index in [1.54, 1.807) is 0 Å². The van der Waals surface area contributed by atoms with Crippen LogP contribution >= 0.6 is 0 Å². The number of aryl methyl sites for hydroxylation is 1. The summed E-state index contributed by atoms with van der Waals surface area (Å²) in [5.41, 5.74) is 1.32. The van der Waals surface area contributed by atoms with Crippen LogP contribution in [0.15, 0.2) is 30.3 Å². The van der Waals surface area contributed by atoms with Crippen LogP contribution in [0.2, 0.25) is 0 Å². The summed E-state index contributed by atoms with van der Waals surface area (Å²) in [5, 5.41) is 0. The molecule has 0 aromatic heterocycles. The maximum atomic E-state index is 2.08. The van der Waals surface area contributed by atoms with Gasteiger partial charge in [-0.2, -0.15) is 0 Å². The molecule has 0 N–H and O–H groups in total. The predicted octanol–water partition coefficient (Wildman–Crippen LogP) is 6.10. The minimum Gasteiger partial charge on any atom is -0.0683 e. The van der Waals surface area contributed by atoms with Crippen molar-refractivity contribution in [3.8, 4) is 0 Å². The van der Waals surface area contributed by atoms with Gasteiger partial charge in [-0.25, -0.2) is 0 Å². The van der Waals surface area contributed by atoms with Crippen LogP contribution in [0.1, 0.15) is 61.0 Å². The molecule has 0 aliphatic heterocycles. The standard InChI is InChI=1S/C7H8.4C2H6.V/c1-7-5-3-2-4-6-7;4*1-2;/h2-6H,1H3;4*1-2H3;. The van der Waals surface area contributed by atoms with Gasteiger partial charge in [0.15, 0.2) is 0 Å². The molecule has 1 aromatic carbocycles. The first kappa shape index (κ1) is 29.7. The largest absolute Gasteiger partial charge is 0.0683 e. The molecule has 0 nitrogen and oxygen atoms in total. The Kier molecular flexibility index (Phi) is 85.9. The van der Waals surface area contributed by atoms with Gasteiger partial charge in [0.1, 0.15) is 0 Å². The molecule has 0 atom stereocenters. The molecule has 0 saturated heterocycles. The Morgan fingerprint density at radius 3 is 0.938 bits per heavy atom. The minimum atomic E-state index is 0. The van der Waals surface area contributed by atoms with Gasteiger partial charge in [0.25, 0.3) is 0 Å². The Hall–Kier alpha value is -0.196. The Bertz CT molecular complexity index is 135. The van der Waals surface area contributed by atoms with E-state index in [-0.39, 0.29) is 18.6 Å². The van der Waals surface area contributed by atoms with E-state index in [0.717, 1.165) is 0 Å². The molecule has 97 valence electrons. The van der Waals surface area contributed by atoms with Crippen molar-refractivity contribution in [1.29, 1.82) is 0 Å². The number of benzene rings is 1. The van der Waals surface area contributed by atoms with Crippen molar-refractivity contribution in [2.75, 3.05) is 0 Å². The van der Waals surface area contributed by atoms with Crippen molar-refractivity contribution in [3.63, 3.8) is 0 Å². The molecule has 1 rings (SSSR count). The summed E-state index contributed by atoms with van der Waals surface area (Å²) in [4.78, 5) is 0. The van der Waals surface area contributed by atoms with Crippen LogP contribution in [-0.2, 0) is 18.6 Å². The average molecular weight is 263 g/mol. The summed E-state index contributed by atoms with van der Waals surface area (Å²) in [6, 6.07) is 10.3. The molecule has 0 saturated carbocycles. The van der Waals surface area contributed by atoms with Crippen LogP contribution in [0, 0.1) is 6.92 Å². The predicted molar refractivity (Wildman–Crippen MR) is 76.6 cm³/mol. The molecule has 0 spiro atoms. The third-order valence-electron chi connectivity index (χ3n) is 0.940. The summed E-state index contributed by atoms with van der Waals surface area (Å²) < 4.78 is 0. The van der Waals surface area contributed by atoms with Crippen molar-refractivity contribution in [2.45, 2.75) is 62.3 Å². The van der Waals surface area contributed by atoms with Gasteiger partial charge in [0, 0.05) is 18.6 Å². The summed E-state index contributed by atoms with van der Waals surface area (Å²) in [6.45, 7) is 18.1. The average Bonchev–Trinajstić information content (AvgIpc) is 2.40. The number of rotatable bonds is 0. The zero-order valence-corrected chi connectivity index (χ0v) is 14.2.